The van der Waals surface area contributed by atoms with Crippen molar-refractivity contribution in [3.63, 3.8) is 0 Å². The standard InChI is InChI=1S/C28H26N4O2S2/c1-19-10-12-21(13-11-19)36-25-15-14-23(34-25)27-26(22-9-5-6-17-29-22)31-28(35)32(27)18-16-24(33)30-20-7-3-2-4-8-20/h2-15,17,26-27H,16,18H2,1H3,(H,30,33)(H,31,35)/t26-,27+/m0/s1. The first-order valence-electron chi connectivity index (χ1n) is 11.7. The Hall–Kier alpha value is -3.62. The molecular weight excluding hydrogens is 488 g/mol. The van der Waals surface area contributed by atoms with Crippen LogP contribution in [0.25, 0.3) is 0 Å². The zero-order chi connectivity index (χ0) is 24.9. The lowest BCUT2D eigenvalue weighted by Crippen LogP contribution is -2.32. The quantitative estimate of drug-likeness (QED) is 0.274. The summed E-state index contributed by atoms with van der Waals surface area (Å²) in [6.07, 6.45) is 2.06. The summed E-state index contributed by atoms with van der Waals surface area (Å²) in [5.74, 6) is 0.704. The first kappa shape index (κ1) is 24.1. The number of thiocarbonyl (C=S) groups is 1. The molecule has 0 spiro atoms. The molecule has 36 heavy (non-hydrogen) atoms. The lowest BCUT2D eigenvalue weighted by molar-refractivity contribution is -0.116. The summed E-state index contributed by atoms with van der Waals surface area (Å²) in [5.41, 5.74) is 2.86. The molecule has 1 saturated heterocycles. The van der Waals surface area contributed by atoms with Crippen molar-refractivity contribution in [1.29, 1.82) is 0 Å². The Labute approximate surface area is 220 Å². The fourth-order valence-electron chi connectivity index (χ4n) is 4.19. The summed E-state index contributed by atoms with van der Waals surface area (Å²) >= 11 is 7.28. The molecule has 1 aliphatic rings. The minimum absolute atomic E-state index is 0.0703. The molecule has 4 aromatic rings. The van der Waals surface area contributed by atoms with Crippen molar-refractivity contribution in [1.82, 2.24) is 15.2 Å². The van der Waals surface area contributed by atoms with E-state index in [1.807, 2.05) is 65.6 Å². The van der Waals surface area contributed by atoms with Crippen LogP contribution in [-0.4, -0.2) is 27.4 Å². The zero-order valence-corrected chi connectivity index (χ0v) is 21.4. The number of benzene rings is 2. The lowest BCUT2D eigenvalue weighted by atomic mass is 10.0. The number of rotatable bonds is 8. The molecule has 0 radical (unpaired) electrons. The number of aromatic nitrogens is 1. The van der Waals surface area contributed by atoms with Crippen LogP contribution in [0.5, 0.6) is 0 Å². The molecule has 8 heteroatoms. The molecule has 1 fully saturated rings. The molecule has 2 atom stereocenters. The number of carbonyl (C=O) groups is 1. The second kappa shape index (κ2) is 11.0. The van der Waals surface area contributed by atoms with Crippen molar-refractivity contribution in [2.75, 3.05) is 11.9 Å². The molecule has 2 aromatic carbocycles. The van der Waals surface area contributed by atoms with E-state index in [4.69, 9.17) is 16.6 Å². The van der Waals surface area contributed by atoms with Gasteiger partial charge in [-0.2, -0.15) is 0 Å². The molecule has 5 rings (SSSR count). The van der Waals surface area contributed by atoms with E-state index in [9.17, 15) is 4.79 Å². The predicted octanol–water partition coefficient (Wildman–Crippen LogP) is 6.14. The van der Waals surface area contributed by atoms with Gasteiger partial charge < -0.3 is 20.0 Å². The Bertz CT molecular complexity index is 1330. The van der Waals surface area contributed by atoms with Crippen molar-refractivity contribution in [2.45, 2.75) is 35.4 Å². The third-order valence-electron chi connectivity index (χ3n) is 5.97. The van der Waals surface area contributed by atoms with Gasteiger partial charge in [-0.1, -0.05) is 53.7 Å². The zero-order valence-electron chi connectivity index (χ0n) is 19.8. The number of amides is 1. The number of aryl methyl sites for hydroxylation is 1. The Morgan fingerprint density at radius 3 is 2.58 bits per heavy atom. The van der Waals surface area contributed by atoms with Gasteiger partial charge in [0, 0.05) is 29.7 Å². The van der Waals surface area contributed by atoms with Crippen molar-refractivity contribution < 1.29 is 9.21 Å². The van der Waals surface area contributed by atoms with Crippen LogP contribution >= 0.6 is 24.0 Å². The number of furan rings is 1. The first-order chi connectivity index (χ1) is 17.6. The molecule has 1 aliphatic heterocycles. The number of hydrogen-bond donors (Lipinski definition) is 2. The molecule has 0 bridgehead atoms. The Morgan fingerprint density at radius 2 is 1.83 bits per heavy atom. The molecule has 1 amide bonds. The number of para-hydroxylation sites is 1. The minimum atomic E-state index is -0.232. The molecule has 2 aromatic heterocycles. The van der Waals surface area contributed by atoms with Gasteiger partial charge in [-0.15, -0.1) is 0 Å². The average Bonchev–Trinajstić information content (AvgIpc) is 3.49. The largest absolute Gasteiger partial charge is 0.452 e. The van der Waals surface area contributed by atoms with E-state index in [0.717, 1.165) is 27.1 Å². The minimum Gasteiger partial charge on any atom is -0.452 e. The van der Waals surface area contributed by atoms with E-state index in [1.165, 1.54) is 5.56 Å². The van der Waals surface area contributed by atoms with Gasteiger partial charge in [-0.25, -0.2) is 0 Å². The third-order valence-corrected chi connectivity index (χ3v) is 7.25. The summed E-state index contributed by atoms with van der Waals surface area (Å²) in [6, 6.07) is 27.2. The van der Waals surface area contributed by atoms with E-state index >= 15 is 0 Å². The van der Waals surface area contributed by atoms with Gasteiger partial charge in [0.05, 0.1) is 11.7 Å². The van der Waals surface area contributed by atoms with Gasteiger partial charge in [-0.05, 0) is 67.7 Å². The number of nitrogens with zero attached hydrogens (tertiary/aromatic N) is 2. The van der Waals surface area contributed by atoms with Crippen molar-refractivity contribution in [3.05, 3.63) is 108 Å². The fraction of sp³-hybridized carbons (Fsp3) is 0.179. The highest BCUT2D eigenvalue weighted by Crippen LogP contribution is 2.41. The van der Waals surface area contributed by atoms with Gasteiger partial charge in [0.15, 0.2) is 10.2 Å². The Balaban J connectivity index is 1.36. The maximum atomic E-state index is 12.7. The van der Waals surface area contributed by atoms with Gasteiger partial charge in [0.2, 0.25) is 5.91 Å². The number of anilines is 1. The third kappa shape index (κ3) is 5.61. The second-order valence-corrected chi connectivity index (χ2v) is 10.0. The molecule has 6 nitrogen and oxygen atoms in total. The summed E-state index contributed by atoms with van der Waals surface area (Å²) in [4.78, 5) is 20.4. The number of hydrogen-bond acceptors (Lipinski definition) is 5. The Kier molecular flexibility index (Phi) is 7.34. The van der Waals surface area contributed by atoms with Crippen LogP contribution in [-0.2, 0) is 4.79 Å². The fourth-order valence-corrected chi connectivity index (χ4v) is 5.30. The van der Waals surface area contributed by atoms with Crippen LogP contribution in [0, 0.1) is 6.92 Å². The van der Waals surface area contributed by atoms with Crippen LogP contribution < -0.4 is 10.6 Å². The smallest absolute Gasteiger partial charge is 0.226 e. The predicted molar refractivity (Wildman–Crippen MR) is 146 cm³/mol. The molecule has 0 aliphatic carbocycles. The van der Waals surface area contributed by atoms with Crippen LogP contribution in [0.1, 0.15) is 35.5 Å². The normalized spacial score (nSPS) is 17.1. The number of nitrogens with one attached hydrogen (secondary N) is 2. The molecule has 0 saturated carbocycles. The van der Waals surface area contributed by atoms with Gasteiger partial charge in [-0.3, -0.25) is 9.78 Å². The summed E-state index contributed by atoms with van der Waals surface area (Å²) in [5, 5.41) is 7.72. The molecule has 3 heterocycles. The van der Waals surface area contributed by atoms with Gasteiger partial charge in [0.25, 0.3) is 0 Å². The lowest BCUT2D eigenvalue weighted by Gasteiger charge is -2.25. The van der Waals surface area contributed by atoms with Crippen molar-refractivity contribution in [2.24, 2.45) is 0 Å². The maximum absolute atomic E-state index is 12.7. The van der Waals surface area contributed by atoms with E-state index in [-0.39, 0.29) is 24.4 Å². The van der Waals surface area contributed by atoms with Crippen molar-refractivity contribution in [3.8, 4) is 0 Å². The maximum Gasteiger partial charge on any atom is 0.226 e. The van der Waals surface area contributed by atoms with Crippen LogP contribution in [0.4, 0.5) is 5.69 Å². The molecule has 0 unspecified atom stereocenters. The highest BCUT2D eigenvalue weighted by atomic mass is 32.2. The summed E-state index contributed by atoms with van der Waals surface area (Å²) in [7, 11) is 0. The van der Waals surface area contributed by atoms with Gasteiger partial charge >= 0.3 is 0 Å². The van der Waals surface area contributed by atoms with E-state index in [1.54, 1.807) is 18.0 Å². The van der Waals surface area contributed by atoms with Crippen LogP contribution in [0.15, 0.2) is 106 Å². The van der Waals surface area contributed by atoms with E-state index < -0.39 is 0 Å². The van der Waals surface area contributed by atoms with E-state index in [2.05, 4.69) is 46.8 Å². The van der Waals surface area contributed by atoms with Crippen molar-refractivity contribution >= 4 is 40.7 Å². The molecule has 2 N–H and O–H groups in total. The number of pyridine rings is 1. The monoisotopic (exact) mass is 514 g/mol. The molecular formula is C28H26N4O2S2. The van der Waals surface area contributed by atoms with E-state index in [0.29, 0.717) is 11.7 Å². The Morgan fingerprint density at radius 1 is 1.06 bits per heavy atom. The summed E-state index contributed by atoms with van der Waals surface area (Å²) < 4.78 is 6.33. The highest BCUT2D eigenvalue weighted by Gasteiger charge is 2.41. The van der Waals surface area contributed by atoms with Crippen LogP contribution in [0.3, 0.4) is 0 Å². The SMILES string of the molecule is Cc1ccc(Sc2ccc([C@@H]3[C@H](c4ccccn4)NC(=S)N3CCC(=O)Nc3ccccc3)o2)cc1. The number of carbonyl (C=O) groups excluding carboxylic acids is 1. The first-order valence-corrected chi connectivity index (χ1v) is 13.0. The second-order valence-electron chi connectivity index (χ2n) is 8.56. The topological polar surface area (TPSA) is 70.4 Å². The summed E-state index contributed by atoms with van der Waals surface area (Å²) in [6.45, 7) is 2.52. The highest BCUT2D eigenvalue weighted by molar-refractivity contribution is 7.99. The average molecular weight is 515 g/mol. The van der Waals surface area contributed by atoms with Gasteiger partial charge in [0.1, 0.15) is 11.8 Å². The van der Waals surface area contributed by atoms with Crippen LogP contribution in [0.2, 0.25) is 0 Å². The molecule has 182 valence electrons.